The summed E-state index contributed by atoms with van der Waals surface area (Å²) >= 11 is 0. The van der Waals surface area contributed by atoms with Gasteiger partial charge in [-0.3, -0.25) is 19.5 Å². The smallest absolute Gasteiger partial charge is 0.254 e. The van der Waals surface area contributed by atoms with E-state index < -0.39 is 0 Å². The maximum atomic E-state index is 13.6. The summed E-state index contributed by atoms with van der Waals surface area (Å²) in [7, 11) is 3.19. The number of nitrogens with zero attached hydrogens (tertiary/aromatic N) is 3. The van der Waals surface area contributed by atoms with Gasteiger partial charge in [0.15, 0.2) is 0 Å². The third-order valence-electron chi connectivity index (χ3n) is 6.83. The topological polar surface area (TPSA) is 85.7 Å². The van der Waals surface area contributed by atoms with E-state index in [1.807, 2.05) is 96.6 Å². The molecule has 0 aliphatic heterocycles. The van der Waals surface area contributed by atoms with Gasteiger partial charge in [-0.1, -0.05) is 48.0 Å². The minimum atomic E-state index is -0.368. The van der Waals surface area contributed by atoms with Crippen LogP contribution in [0.25, 0.3) is 16.9 Å². The van der Waals surface area contributed by atoms with Gasteiger partial charge >= 0.3 is 0 Å². The molecule has 0 aliphatic rings. The van der Waals surface area contributed by atoms with E-state index in [0.717, 1.165) is 28.1 Å². The number of hydrogen-bond acceptors (Lipinski definition) is 5. The number of rotatable bonds is 10. The van der Waals surface area contributed by atoms with Crippen LogP contribution in [0, 0.1) is 6.92 Å². The van der Waals surface area contributed by atoms with Gasteiger partial charge in [0.1, 0.15) is 18.0 Å². The van der Waals surface area contributed by atoms with Crippen molar-refractivity contribution in [3.8, 4) is 28.4 Å². The predicted octanol–water partition coefficient (Wildman–Crippen LogP) is 6.15. The van der Waals surface area contributed by atoms with Gasteiger partial charge in [0.05, 0.1) is 19.9 Å². The first-order valence-corrected chi connectivity index (χ1v) is 13.5. The molecule has 1 heterocycles. The summed E-state index contributed by atoms with van der Waals surface area (Å²) in [5, 5.41) is 2.95. The van der Waals surface area contributed by atoms with Gasteiger partial charge in [-0.2, -0.15) is 0 Å². The summed E-state index contributed by atoms with van der Waals surface area (Å²) in [5.41, 5.74) is 4.89. The van der Waals surface area contributed by atoms with Crippen LogP contribution in [0.2, 0.25) is 0 Å². The van der Waals surface area contributed by atoms with E-state index in [1.165, 1.54) is 4.90 Å². The average molecular weight is 561 g/mol. The molecule has 0 radical (unpaired) electrons. The zero-order valence-corrected chi connectivity index (χ0v) is 23.8. The number of aryl methyl sites for hydroxylation is 1. The molecule has 0 bridgehead atoms. The molecule has 1 N–H and O–H groups in total. The number of hydrogen-bond donors (Lipinski definition) is 1. The fourth-order valence-electron chi connectivity index (χ4n) is 4.53. The maximum absolute atomic E-state index is 13.6. The quantitative estimate of drug-likeness (QED) is 0.222. The van der Waals surface area contributed by atoms with E-state index in [1.54, 1.807) is 38.5 Å². The monoisotopic (exact) mass is 560 g/mol. The lowest BCUT2D eigenvalue weighted by Crippen LogP contribution is -2.38. The van der Waals surface area contributed by atoms with Crippen LogP contribution in [-0.4, -0.2) is 47.0 Å². The van der Waals surface area contributed by atoms with Crippen LogP contribution in [0.3, 0.4) is 0 Å². The van der Waals surface area contributed by atoms with Crippen LogP contribution in [0.4, 0.5) is 5.95 Å². The number of carbonyl (C=O) groups is 2. The highest BCUT2D eigenvalue weighted by atomic mass is 16.5. The molecule has 0 saturated heterocycles. The van der Waals surface area contributed by atoms with Crippen molar-refractivity contribution in [1.29, 1.82) is 0 Å². The van der Waals surface area contributed by atoms with Crippen LogP contribution in [0.15, 0.2) is 109 Å². The second-order valence-electron chi connectivity index (χ2n) is 9.81. The van der Waals surface area contributed by atoms with E-state index in [9.17, 15) is 9.59 Å². The van der Waals surface area contributed by atoms with Gasteiger partial charge in [-0.25, -0.2) is 4.98 Å². The highest BCUT2D eigenvalue weighted by Gasteiger charge is 2.21. The molecule has 212 valence electrons. The number of methoxy groups -OCH3 is 2. The number of amides is 2. The molecular formula is C34H32N4O4. The number of benzene rings is 4. The van der Waals surface area contributed by atoms with E-state index in [0.29, 0.717) is 23.0 Å². The Balaban J connectivity index is 1.43. The number of nitrogens with one attached hydrogen (secondary N) is 1. The molecule has 0 spiro atoms. The Labute approximate surface area is 245 Å². The van der Waals surface area contributed by atoms with Crippen LogP contribution in [-0.2, 0) is 11.3 Å². The van der Waals surface area contributed by atoms with Crippen molar-refractivity contribution in [2.24, 2.45) is 0 Å². The molecule has 8 heteroatoms. The SMILES string of the molecule is COc1ccc(C(=O)N(CC(=O)Nc2nc(-c3ccc(OC)cc3)cn2-c2ccc(C)cc2)Cc2ccccc2)cc1. The molecule has 2 amide bonds. The Hall–Kier alpha value is -5.37. The lowest BCUT2D eigenvalue weighted by atomic mass is 10.1. The summed E-state index contributed by atoms with van der Waals surface area (Å²) in [4.78, 5) is 33.4. The fraction of sp³-hybridized carbons (Fsp3) is 0.147. The van der Waals surface area contributed by atoms with Crippen molar-refractivity contribution in [3.63, 3.8) is 0 Å². The van der Waals surface area contributed by atoms with Crippen molar-refractivity contribution in [2.75, 3.05) is 26.1 Å². The number of imidazole rings is 1. The minimum absolute atomic E-state index is 0.168. The van der Waals surface area contributed by atoms with Crippen LogP contribution >= 0.6 is 0 Å². The van der Waals surface area contributed by atoms with Crippen molar-refractivity contribution < 1.29 is 19.1 Å². The normalized spacial score (nSPS) is 10.6. The molecule has 0 unspecified atom stereocenters. The Morgan fingerprint density at radius 2 is 1.43 bits per heavy atom. The van der Waals surface area contributed by atoms with Gasteiger partial charge in [0.25, 0.3) is 5.91 Å². The summed E-state index contributed by atoms with van der Waals surface area (Å²) in [6.45, 7) is 2.12. The molecule has 0 aliphatic carbocycles. The first-order chi connectivity index (χ1) is 20.4. The second-order valence-corrected chi connectivity index (χ2v) is 9.81. The number of aromatic nitrogens is 2. The van der Waals surface area contributed by atoms with Crippen molar-refractivity contribution in [1.82, 2.24) is 14.5 Å². The molecule has 0 saturated carbocycles. The molecule has 0 atom stereocenters. The second kappa shape index (κ2) is 12.9. The number of ether oxygens (including phenoxy) is 2. The van der Waals surface area contributed by atoms with E-state index in [-0.39, 0.29) is 24.9 Å². The molecule has 5 rings (SSSR count). The third kappa shape index (κ3) is 6.67. The highest BCUT2D eigenvalue weighted by molar-refractivity contribution is 5.99. The standard InChI is InChI=1S/C34H32N4O4/c1-24-9-15-28(16-10-24)38-22-31(26-11-17-29(41-2)18-12-26)35-34(38)36-32(39)23-37(21-25-7-5-4-6-8-25)33(40)27-13-19-30(42-3)20-14-27/h4-20,22H,21,23H2,1-3H3,(H,35,36,39). The maximum Gasteiger partial charge on any atom is 0.254 e. The average Bonchev–Trinajstić information content (AvgIpc) is 3.44. The van der Waals surface area contributed by atoms with E-state index in [4.69, 9.17) is 14.5 Å². The number of carbonyl (C=O) groups excluding carboxylic acids is 2. The largest absolute Gasteiger partial charge is 0.497 e. The van der Waals surface area contributed by atoms with Gasteiger partial charge in [-0.05, 0) is 73.2 Å². The predicted molar refractivity (Wildman–Crippen MR) is 163 cm³/mol. The first kappa shape index (κ1) is 28.2. The zero-order chi connectivity index (χ0) is 29.5. The van der Waals surface area contributed by atoms with E-state index in [2.05, 4.69) is 5.32 Å². The number of anilines is 1. The van der Waals surface area contributed by atoms with Crippen LogP contribution in [0.5, 0.6) is 11.5 Å². The molecule has 8 nitrogen and oxygen atoms in total. The van der Waals surface area contributed by atoms with Crippen LogP contribution in [0.1, 0.15) is 21.5 Å². The van der Waals surface area contributed by atoms with Crippen molar-refractivity contribution in [3.05, 3.63) is 126 Å². The van der Waals surface area contributed by atoms with Crippen LogP contribution < -0.4 is 14.8 Å². The molecule has 5 aromatic rings. The summed E-state index contributed by atoms with van der Waals surface area (Å²) in [6, 6.07) is 32.0. The summed E-state index contributed by atoms with van der Waals surface area (Å²) < 4.78 is 12.4. The van der Waals surface area contributed by atoms with Gasteiger partial charge in [0.2, 0.25) is 11.9 Å². The molecule has 42 heavy (non-hydrogen) atoms. The molecule has 0 fully saturated rings. The Kier molecular flexibility index (Phi) is 8.63. The van der Waals surface area contributed by atoms with Gasteiger partial charge in [0, 0.05) is 29.6 Å². The minimum Gasteiger partial charge on any atom is -0.497 e. The third-order valence-corrected chi connectivity index (χ3v) is 6.83. The van der Waals surface area contributed by atoms with Crippen molar-refractivity contribution in [2.45, 2.75) is 13.5 Å². The first-order valence-electron chi connectivity index (χ1n) is 13.5. The Morgan fingerprint density at radius 1 is 0.810 bits per heavy atom. The highest BCUT2D eigenvalue weighted by Crippen LogP contribution is 2.26. The Bertz CT molecular complexity index is 1650. The van der Waals surface area contributed by atoms with Crippen molar-refractivity contribution >= 4 is 17.8 Å². The van der Waals surface area contributed by atoms with Gasteiger partial charge in [-0.15, -0.1) is 0 Å². The lowest BCUT2D eigenvalue weighted by Gasteiger charge is -2.22. The lowest BCUT2D eigenvalue weighted by molar-refractivity contribution is -0.117. The van der Waals surface area contributed by atoms with Gasteiger partial charge < -0.3 is 14.4 Å². The van der Waals surface area contributed by atoms with E-state index >= 15 is 0 Å². The molecular weight excluding hydrogens is 528 g/mol. The summed E-state index contributed by atoms with van der Waals surface area (Å²) in [5.74, 6) is 1.11. The molecule has 1 aromatic heterocycles. The Morgan fingerprint density at radius 3 is 2.05 bits per heavy atom. The summed E-state index contributed by atoms with van der Waals surface area (Å²) in [6.07, 6.45) is 1.88. The zero-order valence-electron chi connectivity index (χ0n) is 23.8. The fourth-order valence-corrected chi connectivity index (χ4v) is 4.53. The molecule has 4 aromatic carbocycles.